The highest BCUT2D eigenvalue weighted by Crippen LogP contribution is 2.23. The summed E-state index contributed by atoms with van der Waals surface area (Å²) in [5.41, 5.74) is 1.81. The van der Waals surface area contributed by atoms with Crippen LogP contribution in [0.15, 0.2) is 54.7 Å². The molecule has 0 spiro atoms. The van der Waals surface area contributed by atoms with Crippen LogP contribution in [0, 0.1) is 0 Å². The molecule has 0 unspecified atom stereocenters. The van der Waals surface area contributed by atoms with Gasteiger partial charge in [0.2, 0.25) is 5.91 Å². The topological polar surface area (TPSA) is 42.0 Å². The molecule has 3 aromatic rings. The first-order valence-electron chi connectivity index (χ1n) is 7.63. The lowest BCUT2D eigenvalue weighted by atomic mass is 10.1. The second-order valence-corrected chi connectivity index (χ2v) is 7.82. The van der Waals surface area contributed by atoms with E-state index < -0.39 is 0 Å². The first-order valence-corrected chi connectivity index (χ1v) is 9.58. The molecule has 1 amide bonds. The molecule has 1 aromatic heterocycles. The average molecular weight is 424 g/mol. The Balaban J connectivity index is 1.61. The van der Waals surface area contributed by atoms with Crippen LogP contribution in [0.25, 0.3) is 6.08 Å². The minimum absolute atomic E-state index is 0.284. The van der Waals surface area contributed by atoms with Crippen molar-refractivity contribution >= 4 is 63.3 Å². The third-order valence-electron chi connectivity index (χ3n) is 3.45. The molecule has 0 saturated heterocycles. The molecule has 0 radical (unpaired) electrons. The summed E-state index contributed by atoms with van der Waals surface area (Å²) in [4.78, 5) is 17.3. The molecule has 7 heteroatoms. The van der Waals surface area contributed by atoms with Gasteiger partial charge < -0.3 is 0 Å². The molecule has 0 atom stereocenters. The normalized spacial score (nSPS) is 11.0. The maximum Gasteiger partial charge on any atom is 0.250 e. The second-order valence-electron chi connectivity index (χ2n) is 5.42. The number of halogens is 3. The molecule has 3 nitrogen and oxygen atoms in total. The maximum atomic E-state index is 12.1. The van der Waals surface area contributed by atoms with Crippen molar-refractivity contribution in [1.82, 2.24) is 4.98 Å². The van der Waals surface area contributed by atoms with Crippen LogP contribution < -0.4 is 5.32 Å². The monoisotopic (exact) mass is 422 g/mol. The van der Waals surface area contributed by atoms with Crippen LogP contribution in [0.5, 0.6) is 0 Å². The number of thiazole rings is 1. The van der Waals surface area contributed by atoms with Crippen LogP contribution in [-0.2, 0) is 11.2 Å². The molecule has 0 fully saturated rings. The average Bonchev–Trinajstić information content (AvgIpc) is 3.04. The summed E-state index contributed by atoms with van der Waals surface area (Å²) in [5.74, 6) is -0.284. The maximum absolute atomic E-state index is 12.1. The predicted molar refractivity (Wildman–Crippen MR) is 110 cm³/mol. The fourth-order valence-electron chi connectivity index (χ4n) is 2.21. The van der Waals surface area contributed by atoms with Gasteiger partial charge in [-0.3, -0.25) is 10.1 Å². The molecule has 0 saturated carbocycles. The molecular weight excluding hydrogens is 411 g/mol. The molecule has 0 aliphatic rings. The number of hydrogen-bond acceptors (Lipinski definition) is 3. The first-order chi connectivity index (χ1) is 12.5. The molecule has 2 aromatic carbocycles. The van der Waals surface area contributed by atoms with Gasteiger partial charge in [-0.25, -0.2) is 4.98 Å². The summed E-state index contributed by atoms with van der Waals surface area (Å²) in [6.45, 7) is 0. The Morgan fingerprint density at radius 1 is 1.08 bits per heavy atom. The Kier molecular flexibility index (Phi) is 6.33. The van der Waals surface area contributed by atoms with Gasteiger partial charge in [-0.1, -0.05) is 46.9 Å². The van der Waals surface area contributed by atoms with E-state index in [-0.39, 0.29) is 5.91 Å². The Morgan fingerprint density at radius 3 is 2.58 bits per heavy atom. The summed E-state index contributed by atoms with van der Waals surface area (Å²) in [7, 11) is 0. The van der Waals surface area contributed by atoms with E-state index in [1.165, 1.54) is 17.4 Å². The van der Waals surface area contributed by atoms with Gasteiger partial charge in [0, 0.05) is 38.6 Å². The number of benzene rings is 2. The Morgan fingerprint density at radius 2 is 1.81 bits per heavy atom. The standard InChI is InChI=1S/C19H13Cl3N2OS/c20-14-4-1-12(2-5-14)9-16-11-23-19(26-16)24-18(25)8-3-13-10-15(21)6-7-17(13)22/h1-8,10-11H,9H2,(H,23,24,25)/b8-3-. The third-order valence-corrected chi connectivity index (χ3v) is 5.19. The molecule has 132 valence electrons. The van der Waals surface area contributed by atoms with E-state index in [0.29, 0.717) is 25.8 Å². The highest BCUT2D eigenvalue weighted by molar-refractivity contribution is 7.15. The first kappa shape index (κ1) is 18.9. The van der Waals surface area contributed by atoms with Crippen molar-refractivity contribution in [2.45, 2.75) is 6.42 Å². The van der Waals surface area contributed by atoms with Crippen LogP contribution in [0.2, 0.25) is 15.1 Å². The number of aromatic nitrogens is 1. The molecule has 0 bridgehead atoms. The van der Waals surface area contributed by atoms with Crippen molar-refractivity contribution in [3.05, 3.63) is 85.8 Å². The summed E-state index contributed by atoms with van der Waals surface area (Å²) in [6, 6.07) is 12.7. The van der Waals surface area contributed by atoms with Gasteiger partial charge in [-0.05, 0) is 47.5 Å². The quantitative estimate of drug-likeness (QED) is 0.486. The van der Waals surface area contributed by atoms with E-state index in [2.05, 4.69) is 10.3 Å². The second kappa shape index (κ2) is 8.69. The van der Waals surface area contributed by atoms with Gasteiger partial charge in [-0.2, -0.15) is 0 Å². The smallest absolute Gasteiger partial charge is 0.250 e. The van der Waals surface area contributed by atoms with Crippen molar-refractivity contribution in [1.29, 1.82) is 0 Å². The fraction of sp³-hybridized carbons (Fsp3) is 0.0526. The minimum Gasteiger partial charge on any atom is -0.298 e. The lowest BCUT2D eigenvalue weighted by molar-refractivity contribution is -0.111. The SMILES string of the molecule is O=C(/C=C\c1cc(Cl)ccc1Cl)Nc1ncc(Cc2ccc(Cl)cc2)s1. The number of rotatable bonds is 5. The molecule has 1 heterocycles. The Labute approximate surface area is 170 Å². The molecule has 3 rings (SSSR count). The zero-order chi connectivity index (χ0) is 18.5. The lowest BCUT2D eigenvalue weighted by Gasteiger charge is -2.00. The zero-order valence-corrected chi connectivity index (χ0v) is 16.5. The van der Waals surface area contributed by atoms with Crippen LogP contribution in [0.4, 0.5) is 5.13 Å². The van der Waals surface area contributed by atoms with Crippen molar-refractivity contribution in [3.63, 3.8) is 0 Å². The van der Waals surface area contributed by atoms with Gasteiger partial charge in [0.25, 0.3) is 0 Å². The summed E-state index contributed by atoms with van der Waals surface area (Å²) >= 11 is 19.3. The van der Waals surface area contributed by atoms with Gasteiger partial charge in [0.05, 0.1) is 0 Å². The summed E-state index contributed by atoms with van der Waals surface area (Å²) in [5, 5.41) is 5.08. The third kappa shape index (κ3) is 5.32. The molecule has 0 aliphatic heterocycles. The lowest BCUT2D eigenvalue weighted by Crippen LogP contribution is -2.07. The molecule has 26 heavy (non-hydrogen) atoms. The van der Waals surface area contributed by atoms with Crippen molar-refractivity contribution in [2.75, 3.05) is 5.32 Å². The molecule has 1 N–H and O–H groups in total. The largest absolute Gasteiger partial charge is 0.298 e. The van der Waals surface area contributed by atoms with Crippen molar-refractivity contribution in [3.8, 4) is 0 Å². The van der Waals surface area contributed by atoms with Crippen molar-refractivity contribution < 1.29 is 4.79 Å². The number of carbonyl (C=O) groups is 1. The predicted octanol–water partition coefficient (Wildman–Crippen LogP) is 6.35. The minimum atomic E-state index is -0.284. The van der Waals surface area contributed by atoms with Gasteiger partial charge in [-0.15, -0.1) is 11.3 Å². The number of carbonyl (C=O) groups excluding carboxylic acids is 1. The van der Waals surface area contributed by atoms with Gasteiger partial charge in [0.1, 0.15) is 0 Å². The fourth-order valence-corrected chi connectivity index (χ4v) is 3.54. The van der Waals surface area contributed by atoms with Crippen LogP contribution >= 0.6 is 46.1 Å². The van der Waals surface area contributed by atoms with Crippen LogP contribution in [0.3, 0.4) is 0 Å². The number of nitrogens with one attached hydrogen (secondary N) is 1. The summed E-state index contributed by atoms with van der Waals surface area (Å²) in [6.07, 6.45) is 5.51. The molecular formula is C19H13Cl3N2OS. The van der Waals surface area contributed by atoms with Crippen LogP contribution in [0.1, 0.15) is 16.0 Å². The highest BCUT2D eigenvalue weighted by Gasteiger charge is 2.06. The van der Waals surface area contributed by atoms with Crippen LogP contribution in [-0.4, -0.2) is 10.9 Å². The molecule has 0 aliphatic carbocycles. The Bertz CT molecular complexity index is 952. The van der Waals surface area contributed by atoms with E-state index in [4.69, 9.17) is 34.8 Å². The highest BCUT2D eigenvalue weighted by atomic mass is 35.5. The van der Waals surface area contributed by atoms with E-state index in [9.17, 15) is 4.79 Å². The number of amides is 1. The number of hydrogen-bond donors (Lipinski definition) is 1. The van der Waals surface area contributed by atoms with E-state index in [0.717, 1.165) is 16.9 Å². The zero-order valence-electron chi connectivity index (χ0n) is 13.4. The summed E-state index contributed by atoms with van der Waals surface area (Å²) < 4.78 is 0. The van der Waals surface area contributed by atoms with E-state index in [1.54, 1.807) is 30.5 Å². The number of anilines is 1. The Hall–Kier alpha value is -1.85. The van der Waals surface area contributed by atoms with E-state index in [1.807, 2.05) is 24.3 Å². The van der Waals surface area contributed by atoms with Crippen molar-refractivity contribution in [2.24, 2.45) is 0 Å². The van der Waals surface area contributed by atoms with E-state index >= 15 is 0 Å². The van der Waals surface area contributed by atoms with Gasteiger partial charge >= 0.3 is 0 Å². The van der Waals surface area contributed by atoms with Gasteiger partial charge in [0.15, 0.2) is 5.13 Å². The number of nitrogens with zero attached hydrogens (tertiary/aromatic N) is 1.